The molecule has 1 saturated heterocycles. The number of thioether (sulfide) groups is 1. The molecule has 3 aromatic carbocycles. The minimum Gasteiger partial charge on any atom is -0.493 e. The lowest BCUT2D eigenvalue weighted by Crippen LogP contribution is -2.36. The van der Waals surface area contributed by atoms with Gasteiger partial charge in [-0.05, 0) is 66.2 Å². The van der Waals surface area contributed by atoms with Gasteiger partial charge in [0.25, 0.3) is 11.1 Å². The predicted molar refractivity (Wildman–Crippen MR) is 157 cm³/mol. The molecule has 0 aliphatic carbocycles. The molecule has 0 bridgehead atoms. The fourth-order valence-electron chi connectivity index (χ4n) is 3.79. The summed E-state index contributed by atoms with van der Waals surface area (Å²) < 4.78 is 16.3. The standard InChI is InChI=1S/C29H24Cl2N2O7S/c1-3-39-28(36)20-14-19(9-10-21(20)30)32-25(34)15-33-27(35)24(41-29(33)37)13-18-11-22(31)26(23(12-18)38-2)40-16-17-7-5-4-6-8-17/h4-14H,3,15-16H2,1-2H3,(H,32,34)/b24-13-. The van der Waals surface area contributed by atoms with Crippen molar-refractivity contribution in [2.75, 3.05) is 25.6 Å². The Kier molecular flexibility index (Phi) is 9.93. The largest absolute Gasteiger partial charge is 0.493 e. The maximum atomic E-state index is 13.0. The van der Waals surface area contributed by atoms with Crippen LogP contribution in [0.1, 0.15) is 28.4 Å². The smallest absolute Gasteiger partial charge is 0.339 e. The van der Waals surface area contributed by atoms with Gasteiger partial charge in [-0.25, -0.2) is 4.79 Å². The number of carbonyl (C=O) groups excluding carboxylic acids is 4. The summed E-state index contributed by atoms with van der Waals surface area (Å²) in [6, 6.07) is 17.0. The molecule has 212 valence electrons. The number of esters is 1. The lowest BCUT2D eigenvalue weighted by atomic mass is 10.1. The van der Waals surface area contributed by atoms with Crippen molar-refractivity contribution in [3.8, 4) is 11.5 Å². The number of hydrogen-bond acceptors (Lipinski definition) is 8. The zero-order valence-electron chi connectivity index (χ0n) is 21.9. The molecule has 0 radical (unpaired) electrons. The van der Waals surface area contributed by atoms with E-state index in [1.165, 1.54) is 31.4 Å². The number of anilines is 1. The van der Waals surface area contributed by atoms with Gasteiger partial charge in [-0.2, -0.15) is 0 Å². The van der Waals surface area contributed by atoms with E-state index in [2.05, 4.69) is 5.32 Å². The minimum atomic E-state index is -0.643. The van der Waals surface area contributed by atoms with Gasteiger partial charge in [0.15, 0.2) is 11.5 Å². The van der Waals surface area contributed by atoms with Crippen molar-refractivity contribution in [3.63, 3.8) is 0 Å². The number of nitrogens with one attached hydrogen (secondary N) is 1. The Balaban J connectivity index is 1.45. The van der Waals surface area contributed by atoms with Gasteiger partial charge in [0, 0.05) is 5.69 Å². The number of imide groups is 1. The van der Waals surface area contributed by atoms with Crippen molar-refractivity contribution in [1.82, 2.24) is 4.90 Å². The quantitative estimate of drug-likeness (QED) is 0.205. The molecule has 12 heteroatoms. The second-order valence-corrected chi connectivity index (χ2v) is 10.3. The number of ether oxygens (including phenoxy) is 3. The normalized spacial score (nSPS) is 13.9. The SMILES string of the molecule is CCOC(=O)c1cc(NC(=O)CN2C(=O)S/C(=C\c3cc(Cl)c(OCc4ccccc4)c(OC)c3)C2=O)ccc1Cl. The summed E-state index contributed by atoms with van der Waals surface area (Å²) in [6.07, 6.45) is 1.49. The second kappa shape index (κ2) is 13.6. The first-order valence-electron chi connectivity index (χ1n) is 12.3. The van der Waals surface area contributed by atoms with Gasteiger partial charge < -0.3 is 19.5 Å². The molecule has 41 heavy (non-hydrogen) atoms. The van der Waals surface area contributed by atoms with Crippen molar-refractivity contribution in [3.05, 3.63) is 92.3 Å². The first kappa shape index (κ1) is 30.0. The van der Waals surface area contributed by atoms with Crippen molar-refractivity contribution in [2.45, 2.75) is 13.5 Å². The lowest BCUT2D eigenvalue weighted by molar-refractivity contribution is -0.127. The second-order valence-electron chi connectivity index (χ2n) is 8.54. The molecule has 3 aromatic rings. The van der Waals surface area contributed by atoms with E-state index in [1.807, 2.05) is 30.3 Å². The number of halogens is 2. The van der Waals surface area contributed by atoms with Gasteiger partial charge >= 0.3 is 5.97 Å². The third-order valence-electron chi connectivity index (χ3n) is 5.70. The monoisotopic (exact) mass is 614 g/mol. The van der Waals surface area contributed by atoms with Crippen LogP contribution in [-0.2, 0) is 20.9 Å². The molecule has 9 nitrogen and oxygen atoms in total. The molecule has 0 unspecified atom stereocenters. The number of rotatable bonds is 10. The van der Waals surface area contributed by atoms with Gasteiger partial charge in [-0.15, -0.1) is 0 Å². The first-order valence-corrected chi connectivity index (χ1v) is 13.8. The van der Waals surface area contributed by atoms with E-state index in [4.69, 9.17) is 37.4 Å². The van der Waals surface area contributed by atoms with E-state index in [0.29, 0.717) is 28.8 Å². The van der Waals surface area contributed by atoms with Gasteiger partial charge in [0.1, 0.15) is 13.2 Å². The molecular weight excluding hydrogens is 591 g/mol. The first-order chi connectivity index (χ1) is 19.7. The summed E-state index contributed by atoms with van der Waals surface area (Å²) in [5, 5.41) is 2.37. The van der Waals surface area contributed by atoms with Gasteiger partial charge in [-0.3, -0.25) is 19.3 Å². The predicted octanol–water partition coefficient (Wildman–Crippen LogP) is 6.43. The van der Waals surface area contributed by atoms with Crippen LogP contribution in [0.3, 0.4) is 0 Å². The average Bonchev–Trinajstić information content (AvgIpc) is 3.20. The van der Waals surface area contributed by atoms with Crippen LogP contribution in [0.4, 0.5) is 10.5 Å². The number of hydrogen-bond donors (Lipinski definition) is 1. The minimum absolute atomic E-state index is 0.0750. The van der Waals surface area contributed by atoms with Gasteiger partial charge in [0.05, 0.1) is 34.2 Å². The molecule has 0 atom stereocenters. The van der Waals surface area contributed by atoms with Crippen LogP contribution in [0.15, 0.2) is 65.6 Å². The molecule has 1 N–H and O–H groups in total. The molecule has 1 aliphatic heterocycles. The molecule has 1 heterocycles. The summed E-state index contributed by atoms with van der Waals surface area (Å²) in [4.78, 5) is 51.3. The van der Waals surface area contributed by atoms with E-state index in [1.54, 1.807) is 19.1 Å². The molecule has 4 rings (SSSR count). The van der Waals surface area contributed by atoms with Crippen molar-refractivity contribution in [1.29, 1.82) is 0 Å². The highest BCUT2D eigenvalue weighted by Gasteiger charge is 2.36. The Morgan fingerprint density at radius 1 is 1.02 bits per heavy atom. The Bertz CT molecular complexity index is 1530. The third kappa shape index (κ3) is 7.40. The van der Waals surface area contributed by atoms with Crippen LogP contribution in [0.25, 0.3) is 6.08 Å². The summed E-state index contributed by atoms with van der Waals surface area (Å²) in [5.41, 5.74) is 1.77. The molecule has 0 saturated carbocycles. The Hall–Kier alpha value is -3.99. The summed E-state index contributed by atoms with van der Waals surface area (Å²) >= 11 is 13.2. The van der Waals surface area contributed by atoms with Gasteiger partial charge in [-0.1, -0.05) is 53.5 Å². The fraction of sp³-hybridized carbons (Fsp3) is 0.172. The lowest BCUT2D eigenvalue weighted by Gasteiger charge is -2.14. The van der Waals surface area contributed by atoms with Crippen molar-refractivity contribution < 1.29 is 33.4 Å². The zero-order chi connectivity index (χ0) is 29.5. The molecule has 0 spiro atoms. The number of amides is 3. The third-order valence-corrected chi connectivity index (χ3v) is 7.21. The molecular formula is C29H24Cl2N2O7S. The van der Waals surface area contributed by atoms with Gasteiger partial charge in [0.2, 0.25) is 5.91 Å². The Morgan fingerprint density at radius 2 is 1.78 bits per heavy atom. The summed E-state index contributed by atoms with van der Waals surface area (Å²) in [5.74, 6) is -1.23. The topological polar surface area (TPSA) is 111 Å². The van der Waals surface area contributed by atoms with E-state index in [-0.39, 0.29) is 39.4 Å². The number of carbonyl (C=O) groups is 4. The number of methoxy groups -OCH3 is 1. The van der Waals surface area contributed by atoms with Crippen LogP contribution in [0.2, 0.25) is 10.0 Å². The molecule has 1 fully saturated rings. The summed E-state index contributed by atoms with van der Waals surface area (Å²) in [6.45, 7) is 1.56. The molecule has 0 aromatic heterocycles. The van der Waals surface area contributed by atoms with E-state index in [0.717, 1.165) is 10.5 Å². The van der Waals surface area contributed by atoms with Crippen LogP contribution in [0, 0.1) is 0 Å². The Morgan fingerprint density at radius 3 is 2.49 bits per heavy atom. The van der Waals surface area contributed by atoms with E-state index in [9.17, 15) is 19.2 Å². The van der Waals surface area contributed by atoms with Crippen molar-refractivity contribution in [2.24, 2.45) is 0 Å². The number of nitrogens with zero attached hydrogens (tertiary/aromatic N) is 1. The van der Waals surface area contributed by atoms with Crippen LogP contribution in [0.5, 0.6) is 11.5 Å². The van der Waals surface area contributed by atoms with Crippen LogP contribution < -0.4 is 14.8 Å². The highest BCUT2D eigenvalue weighted by Crippen LogP contribution is 2.39. The number of benzene rings is 3. The summed E-state index contributed by atoms with van der Waals surface area (Å²) in [7, 11) is 1.47. The highest BCUT2D eigenvalue weighted by molar-refractivity contribution is 8.18. The van der Waals surface area contributed by atoms with Crippen LogP contribution in [-0.4, -0.2) is 48.2 Å². The molecule has 1 aliphatic rings. The zero-order valence-corrected chi connectivity index (χ0v) is 24.3. The Labute approximate surface area is 250 Å². The van der Waals surface area contributed by atoms with E-state index >= 15 is 0 Å². The maximum Gasteiger partial charge on any atom is 0.339 e. The fourth-order valence-corrected chi connectivity index (χ4v) is 5.10. The highest BCUT2D eigenvalue weighted by atomic mass is 35.5. The molecule has 3 amide bonds. The van der Waals surface area contributed by atoms with E-state index < -0.39 is 29.6 Å². The maximum absolute atomic E-state index is 13.0. The van der Waals surface area contributed by atoms with Crippen LogP contribution >= 0.6 is 35.0 Å². The van der Waals surface area contributed by atoms with Crippen molar-refractivity contribution >= 4 is 69.8 Å². The average molecular weight is 615 g/mol.